The van der Waals surface area contributed by atoms with Crippen molar-refractivity contribution < 1.29 is 19.1 Å². The van der Waals surface area contributed by atoms with E-state index in [9.17, 15) is 14.4 Å². The molecule has 2 N–H and O–H groups in total. The molecule has 41 heavy (non-hydrogen) atoms. The zero-order valence-corrected chi connectivity index (χ0v) is 24.4. The number of nitrogens with zero attached hydrogens (tertiary/aromatic N) is 1. The lowest BCUT2D eigenvalue weighted by Gasteiger charge is -2.38. The van der Waals surface area contributed by atoms with Crippen molar-refractivity contribution in [3.8, 4) is 0 Å². The van der Waals surface area contributed by atoms with Crippen LogP contribution in [-0.4, -0.2) is 46.4 Å². The monoisotopic (exact) mass is 555 g/mol. The smallest absolute Gasteiger partial charge is 0.246 e. The number of hydrogen-bond acceptors (Lipinski definition) is 4. The molecule has 7 nitrogen and oxygen atoms in total. The first kappa shape index (κ1) is 27.7. The number of hydrogen-bond donors (Lipinski definition) is 2. The van der Waals surface area contributed by atoms with Crippen molar-refractivity contribution in [1.82, 2.24) is 10.2 Å². The molecule has 2 bridgehead atoms. The van der Waals surface area contributed by atoms with Gasteiger partial charge in [0.2, 0.25) is 17.7 Å². The molecule has 3 fully saturated rings. The van der Waals surface area contributed by atoms with Gasteiger partial charge in [-0.3, -0.25) is 14.4 Å². The van der Waals surface area contributed by atoms with Gasteiger partial charge in [-0.05, 0) is 47.4 Å². The van der Waals surface area contributed by atoms with Crippen LogP contribution in [0.4, 0.5) is 5.69 Å². The third-order valence-corrected chi connectivity index (χ3v) is 10.0. The van der Waals surface area contributed by atoms with Gasteiger partial charge in [-0.1, -0.05) is 95.2 Å². The third kappa shape index (κ3) is 4.78. The molecule has 1 aliphatic carbocycles. The number of carbonyl (C=O) groups excluding carboxylic acids is 3. The first-order valence-electron chi connectivity index (χ1n) is 15.1. The third-order valence-electron chi connectivity index (χ3n) is 10.0. The molecular weight excluding hydrogens is 514 g/mol. The van der Waals surface area contributed by atoms with Gasteiger partial charge in [0.05, 0.1) is 17.9 Å². The fourth-order valence-corrected chi connectivity index (χ4v) is 7.44. The van der Waals surface area contributed by atoms with Gasteiger partial charge >= 0.3 is 0 Å². The summed E-state index contributed by atoms with van der Waals surface area (Å²) in [5.41, 5.74) is 1.63. The van der Waals surface area contributed by atoms with Crippen molar-refractivity contribution in [1.29, 1.82) is 0 Å². The van der Waals surface area contributed by atoms with Gasteiger partial charge < -0.3 is 20.3 Å². The lowest BCUT2D eigenvalue weighted by Crippen LogP contribution is -2.57. The van der Waals surface area contributed by atoms with Crippen LogP contribution >= 0.6 is 0 Å². The van der Waals surface area contributed by atoms with Gasteiger partial charge in [-0.25, -0.2) is 0 Å². The Labute approximate surface area is 242 Å². The average Bonchev–Trinajstić information content (AvgIpc) is 3.59. The van der Waals surface area contributed by atoms with Gasteiger partial charge in [0.15, 0.2) is 0 Å². The molecular formula is C34H41N3O4. The number of amides is 3. The summed E-state index contributed by atoms with van der Waals surface area (Å²) in [7, 11) is 0. The molecule has 8 atom stereocenters. The highest BCUT2D eigenvalue weighted by Gasteiger charge is 2.72. The maximum absolute atomic E-state index is 14.2. The second-order valence-electron chi connectivity index (χ2n) is 12.8. The summed E-state index contributed by atoms with van der Waals surface area (Å²) in [5, 5.41) is 6.34. The van der Waals surface area contributed by atoms with E-state index in [-0.39, 0.29) is 30.3 Å². The van der Waals surface area contributed by atoms with Gasteiger partial charge in [0.1, 0.15) is 11.6 Å². The van der Waals surface area contributed by atoms with Crippen LogP contribution in [0.15, 0.2) is 66.7 Å². The number of anilines is 1. The maximum atomic E-state index is 14.2. The Balaban J connectivity index is 1.30. The molecule has 3 heterocycles. The van der Waals surface area contributed by atoms with Crippen molar-refractivity contribution in [2.45, 2.75) is 83.2 Å². The van der Waals surface area contributed by atoms with E-state index in [2.05, 4.69) is 38.3 Å². The standard InChI is InChI=1S/C34H41N3O4/c1-20(2)24-13-15-25(16-14-24)35-31(38)28-27-17-18-34(41-27)29(28)33(40)37(19-23-10-6-5-7-11-23)30(34)32(39)36-26-12-8-9-21(3)22(26)4/h5-7,10-11,13-18,20-22,26-30H,8-9,12,19H2,1-4H3,(H,35,38)(H,36,39)/t21?,22?,26?,27-,28?,29-,30?,34?/m1/s1. The van der Waals surface area contributed by atoms with Crippen LogP contribution < -0.4 is 10.6 Å². The summed E-state index contributed by atoms with van der Waals surface area (Å²) in [6.45, 7) is 8.97. The molecule has 1 spiro atoms. The minimum atomic E-state index is -1.17. The van der Waals surface area contributed by atoms with Crippen LogP contribution in [0.1, 0.15) is 64.0 Å². The number of likely N-dealkylation sites (tertiary alicyclic amines) is 1. The lowest BCUT2D eigenvalue weighted by molar-refractivity contribution is -0.142. The van der Waals surface area contributed by atoms with E-state index in [0.717, 1.165) is 24.8 Å². The van der Waals surface area contributed by atoms with Crippen LogP contribution in [0.5, 0.6) is 0 Å². The predicted octanol–water partition coefficient (Wildman–Crippen LogP) is 5.04. The quantitative estimate of drug-likeness (QED) is 0.469. The minimum Gasteiger partial charge on any atom is -0.359 e. The molecule has 3 amide bonds. The number of benzene rings is 2. The number of ether oxygens (including phenoxy) is 1. The number of rotatable bonds is 7. The SMILES string of the molecule is CC(C)c1ccc(NC(=O)C2[C@H]3C=CC4(O3)C(C(=O)NC3CCCC(C)C3C)N(Cc3ccccc3)C(=O)[C@@H]24)cc1. The second-order valence-corrected chi connectivity index (χ2v) is 12.8. The fourth-order valence-electron chi connectivity index (χ4n) is 7.44. The molecule has 2 aromatic carbocycles. The Bertz CT molecular complexity index is 1340. The normalized spacial score (nSPS) is 33.7. The van der Waals surface area contributed by atoms with Crippen LogP contribution in [-0.2, 0) is 25.7 Å². The number of nitrogens with one attached hydrogen (secondary N) is 2. The van der Waals surface area contributed by atoms with E-state index in [4.69, 9.17) is 4.74 Å². The Morgan fingerprint density at radius 2 is 1.76 bits per heavy atom. The van der Waals surface area contributed by atoms with E-state index in [1.807, 2.05) is 66.7 Å². The second kappa shape index (κ2) is 10.8. The van der Waals surface area contributed by atoms with Gasteiger partial charge in [0.25, 0.3) is 0 Å². The molecule has 3 aliphatic heterocycles. The van der Waals surface area contributed by atoms with Crippen molar-refractivity contribution in [2.75, 3.05) is 5.32 Å². The predicted molar refractivity (Wildman–Crippen MR) is 158 cm³/mol. The lowest BCUT2D eigenvalue weighted by atomic mass is 9.73. The van der Waals surface area contributed by atoms with Crippen molar-refractivity contribution in [2.24, 2.45) is 23.7 Å². The molecule has 0 aromatic heterocycles. The van der Waals surface area contributed by atoms with Crippen molar-refractivity contribution in [3.05, 3.63) is 77.9 Å². The molecule has 2 aromatic rings. The highest BCUT2D eigenvalue weighted by molar-refractivity contribution is 6.02. The zero-order chi connectivity index (χ0) is 28.9. The maximum Gasteiger partial charge on any atom is 0.246 e. The first-order valence-corrected chi connectivity index (χ1v) is 15.1. The van der Waals surface area contributed by atoms with E-state index in [1.165, 1.54) is 5.56 Å². The molecule has 2 saturated heterocycles. The molecule has 1 saturated carbocycles. The highest BCUT2D eigenvalue weighted by atomic mass is 16.5. The molecule has 0 radical (unpaired) electrons. The topological polar surface area (TPSA) is 87.7 Å². The first-order chi connectivity index (χ1) is 19.7. The molecule has 6 rings (SSSR count). The average molecular weight is 556 g/mol. The summed E-state index contributed by atoms with van der Waals surface area (Å²) in [6, 6.07) is 16.7. The van der Waals surface area contributed by atoms with E-state index in [1.54, 1.807) is 4.90 Å². The van der Waals surface area contributed by atoms with Gasteiger partial charge in [0, 0.05) is 18.3 Å². The summed E-state index contributed by atoms with van der Waals surface area (Å²) >= 11 is 0. The van der Waals surface area contributed by atoms with Crippen molar-refractivity contribution in [3.63, 3.8) is 0 Å². The Morgan fingerprint density at radius 3 is 2.46 bits per heavy atom. The summed E-state index contributed by atoms with van der Waals surface area (Å²) < 4.78 is 6.52. The van der Waals surface area contributed by atoms with Crippen LogP contribution in [0.2, 0.25) is 0 Å². The molecule has 4 aliphatic rings. The van der Waals surface area contributed by atoms with Gasteiger partial charge in [-0.15, -0.1) is 0 Å². The molecule has 6 unspecified atom stereocenters. The van der Waals surface area contributed by atoms with Crippen LogP contribution in [0, 0.1) is 23.7 Å². The molecule has 7 heteroatoms. The van der Waals surface area contributed by atoms with Crippen LogP contribution in [0.25, 0.3) is 0 Å². The summed E-state index contributed by atoms with van der Waals surface area (Å²) in [6.07, 6.45) is 6.35. The summed E-state index contributed by atoms with van der Waals surface area (Å²) in [4.78, 5) is 43.8. The molecule has 216 valence electrons. The minimum absolute atomic E-state index is 0.0471. The van der Waals surface area contributed by atoms with E-state index >= 15 is 0 Å². The Morgan fingerprint density at radius 1 is 1.02 bits per heavy atom. The highest BCUT2D eigenvalue weighted by Crippen LogP contribution is 2.55. The zero-order valence-electron chi connectivity index (χ0n) is 24.4. The fraction of sp³-hybridized carbons (Fsp3) is 0.500. The van der Waals surface area contributed by atoms with Crippen molar-refractivity contribution >= 4 is 23.4 Å². The number of fused-ring (bicyclic) bond motifs is 1. The summed E-state index contributed by atoms with van der Waals surface area (Å²) in [5.74, 6) is -0.897. The van der Waals surface area contributed by atoms with Gasteiger partial charge in [-0.2, -0.15) is 0 Å². The van der Waals surface area contributed by atoms with E-state index < -0.39 is 29.6 Å². The largest absolute Gasteiger partial charge is 0.359 e. The Kier molecular flexibility index (Phi) is 7.26. The van der Waals surface area contributed by atoms with Crippen LogP contribution in [0.3, 0.4) is 0 Å². The number of carbonyl (C=O) groups is 3. The van der Waals surface area contributed by atoms with E-state index in [0.29, 0.717) is 23.4 Å². The Hall–Kier alpha value is -3.45.